The number of thiophene rings is 1. The fraction of sp³-hybridized carbons (Fsp3) is 0.643. The summed E-state index contributed by atoms with van der Waals surface area (Å²) in [6.07, 6.45) is 6.25. The molecule has 0 aliphatic heterocycles. The van der Waals surface area contributed by atoms with Crippen LogP contribution in [-0.2, 0) is 9.84 Å². The predicted octanol–water partition coefficient (Wildman–Crippen LogP) is 3.38. The molecule has 1 rings (SSSR count). The maximum absolute atomic E-state index is 11.9. The van der Waals surface area contributed by atoms with Gasteiger partial charge in [0.15, 0.2) is 9.84 Å². The van der Waals surface area contributed by atoms with Crippen LogP contribution in [-0.4, -0.2) is 20.7 Å². The lowest BCUT2D eigenvalue weighted by Gasteiger charge is -2.18. The zero-order valence-corrected chi connectivity index (χ0v) is 14.4. The average molecular weight is 329 g/mol. The number of nitrogen functional groups attached to an aromatic ring is 1. The van der Waals surface area contributed by atoms with Crippen molar-refractivity contribution in [2.24, 2.45) is 0 Å². The van der Waals surface area contributed by atoms with E-state index in [1.807, 2.05) is 6.07 Å². The number of nitrogens with one attached hydrogen (secondary N) is 1. The Morgan fingerprint density at radius 1 is 1.33 bits per heavy atom. The summed E-state index contributed by atoms with van der Waals surface area (Å²) >= 11 is 1.12. The van der Waals surface area contributed by atoms with Gasteiger partial charge in [0.2, 0.25) is 0 Å². The van der Waals surface area contributed by atoms with Gasteiger partial charge in [-0.25, -0.2) is 8.42 Å². The van der Waals surface area contributed by atoms with Crippen molar-refractivity contribution in [3.8, 4) is 6.07 Å². The first-order chi connectivity index (χ1) is 9.85. The molecule has 0 fully saturated rings. The Balaban J connectivity index is 3.14. The van der Waals surface area contributed by atoms with Crippen molar-refractivity contribution in [3.63, 3.8) is 0 Å². The Labute approximate surface area is 131 Å². The van der Waals surface area contributed by atoms with Gasteiger partial charge in [-0.3, -0.25) is 0 Å². The first-order valence-corrected chi connectivity index (χ1v) is 9.84. The molecule has 0 aliphatic rings. The van der Waals surface area contributed by atoms with Crippen LogP contribution in [0, 0.1) is 11.3 Å². The van der Waals surface area contributed by atoms with Crippen LogP contribution in [0.2, 0.25) is 0 Å². The van der Waals surface area contributed by atoms with Crippen molar-refractivity contribution < 1.29 is 8.42 Å². The zero-order valence-electron chi connectivity index (χ0n) is 12.8. The maximum atomic E-state index is 11.9. The van der Waals surface area contributed by atoms with Gasteiger partial charge in [0.05, 0.1) is 5.69 Å². The first-order valence-electron chi connectivity index (χ1n) is 7.14. The molecule has 118 valence electrons. The number of sulfone groups is 1. The molecular formula is C14H23N3O2S2. The Morgan fingerprint density at radius 3 is 2.48 bits per heavy atom. The molecule has 1 heterocycles. The second kappa shape index (κ2) is 7.66. The lowest BCUT2D eigenvalue weighted by atomic mass is 10.1. The summed E-state index contributed by atoms with van der Waals surface area (Å²) in [6, 6.07) is 2.17. The average Bonchev–Trinajstić information content (AvgIpc) is 2.72. The topological polar surface area (TPSA) is 96.0 Å². The number of nitrogens with two attached hydrogens (primary N) is 1. The molecule has 7 heteroatoms. The van der Waals surface area contributed by atoms with Crippen molar-refractivity contribution in [1.82, 2.24) is 0 Å². The Hall–Kier alpha value is -1.26. The van der Waals surface area contributed by atoms with Crippen LogP contribution in [0.25, 0.3) is 0 Å². The lowest BCUT2D eigenvalue weighted by molar-refractivity contribution is 0.564. The first kappa shape index (κ1) is 17.8. The molecule has 1 unspecified atom stereocenters. The molecule has 1 atom stereocenters. The minimum absolute atomic E-state index is 0.0678. The summed E-state index contributed by atoms with van der Waals surface area (Å²) in [6.45, 7) is 4.23. The van der Waals surface area contributed by atoms with E-state index in [0.29, 0.717) is 5.00 Å². The number of hydrogen-bond donors (Lipinski definition) is 2. The van der Waals surface area contributed by atoms with Crippen molar-refractivity contribution in [1.29, 1.82) is 5.26 Å². The van der Waals surface area contributed by atoms with Gasteiger partial charge in [0.1, 0.15) is 20.8 Å². The van der Waals surface area contributed by atoms with Gasteiger partial charge in [0, 0.05) is 12.3 Å². The van der Waals surface area contributed by atoms with Crippen LogP contribution in [0.4, 0.5) is 10.7 Å². The molecule has 1 aromatic rings. The van der Waals surface area contributed by atoms with Crippen LogP contribution in [0.5, 0.6) is 0 Å². The van der Waals surface area contributed by atoms with E-state index in [2.05, 4.69) is 19.2 Å². The summed E-state index contributed by atoms with van der Waals surface area (Å²) in [5.41, 5.74) is 5.89. The van der Waals surface area contributed by atoms with E-state index < -0.39 is 9.84 Å². The number of nitriles is 1. The maximum Gasteiger partial charge on any atom is 0.180 e. The molecule has 0 bridgehead atoms. The van der Waals surface area contributed by atoms with Gasteiger partial charge >= 0.3 is 0 Å². The van der Waals surface area contributed by atoms with Gasteiger partial charge in [-0.2, -0.15) is 5.26 Å². The normalized spacial score (nSPS) is 12.9. The van der Waals surface area contributed by atoms with E-state index in [1.54, 1.807) is 0 Å². The largest absolute Gasteiger partial charge is 0.396 e. The highest BCUT2D eigenvalue weighted by Crippen LogP contribution is 2.39. The number of rotatable bonds is 8. The van der Waals surface area contributed by atoms with Crippen LogP contribution in [0.3, 0.4) is 0 Å². The molecule has 5 nitrogen and oxygen atoms in total. The molecule has 0 aliphatic carbocycles. The number of nitrogens with zero attached hydrogens (tertiary/aromatic N) is 1. The molecular weight excluding hydrogens is 306 g/mol. The summed E-state index contributed by atoms with van der Waals surface area (Å²) in [5, 5.41) is 12.9. The SMILES string of the molecule is CCCCC(CCC)Nc1sc(C#N)c(N)c1S(C)(=O)=O. The highest BCUT2D eigenvalue weighted by Gasteiger charge is 2.25. The highest BCUT2D eigenvalue weighted by molar-refractivity contribution is 7.91. The third-order valence-electron chi connectivity index (χ3n) is 3.25. The second-order valence-electron chi connectivity index (χ2n) is 5.16. The van der Waals surface area contributed by atoms with Crippen molar-refractivity contribution in [2.75, 3.05) is 17.3 Å². The smallest absolute Gasteiger partial charge is 0.180 e. The summed E-state index contributed by atoms with van der Waals surface area (Å²) in [7, 11) is -3.46. The third kappa shape index (κ3) is 4.61. The molecule has 0 saturated heterocycles. The van der Waals surface area contributed by atoms with Gasteiger partial charge in [-0.05, 0) is 12.8 Å². The monoisotopic (exact) mass is 329 g/mol. The molecule has 0 radical (unpaired) electrons. The van der Waals surface area contributed by atoms with E-state index in [-0.39, 0.29) is 21.5 Å². The molecule has 0 spiro atoms. The van der Waals surface area contributed by atoms with Gasteiger partial charge in [-0.15, -0.1) is 11.3 Å². The van der Waals surface area contributed by atoms with Gasteiger partial charge < -0.3 is 11.1 Å². The van der Waals surface area contributed by atoms with E-state index >= 15 is 0 Å². The third-order valence-corrected chi connectivity index (χ3v) is 5.59. The minimum Gasteiger partial charge on any atom is -0.396 e. The molecule has 0 amide bonds. The quantitative estimate of drug-likeness (QED) is 0.762. The second-order valence-corrected chi connectivity index (χ2v) is 8.13. The molecule has 0 saturated carbocycles. The highest BCUT2D eigenvalue weighted by atomic mass is 32.2. The van der Waals surface area contributed by atoms with E-state index in [1.165, 1.54) is 0 Å². The van der Waals surface area contributed by atoms with Crippen LogP contribution >= 0.6 is 11.3 Å². The molecule has 1 aromatic heterocycles. The van der Waals surface area contributed by atoms with E-state index in [0.717, 1.165) is 49.7 Å². The Bertz CT molecular complexity index is 615. The summed E-state index contributed by atoms with van der Waals surface area (Å²) in [4.78, 5) is 0.324. The summed E-state index contributed by atoms with van der Waals surface area (Å²) in [5.74, 6) is 0. The van der Waals surface area contributed by atoms with Crippen LogP contribution in [0.15, 0.2) is 4.90 Å². The van der Waals surface area contributed by atoms with Crippen LogP contribution < -0.4 is 11.1 Å². The van der Waals surface area contributed by atoms with Crippen molar-refractivity contribution in [2.45, 2.75) is 56.9 Å². The Morgan fingerprint density at radius 2 is 2.00 bits per heavy atom. The van der Waals surface area contributed by atoms with Crippen molar-refractivity contribution >= 4 is 31.9 Å². The molecule has 3 N–H and O–H groups in total. The van der Waals surface area contributed by atoms with E-state index in [4.69, 9.17) is 11.0 Å². The number of hydrogen-bond acceptors (Lipinski definition) is 6. The molecule has 21 heavy (non-hydrogen) atoms. The number of unbranched alkanes of at least 4 members (excludes halogenated alkanes) is 1. The lowest BCUT2D eigenvalue weighted by Crippen LogP contribution is -2.19. The number of anilines is 2. The van der Waals surface area contributed by atoms with Gasteiger partial charge in [-0.1, -0.05) is 33.1 Å². The van der Waals surface area contributed by atoms with E-state index in [9.17, 15) is 8.42 Å². The molecule has 0 aromatic carbocycles. The van der Waals surface area contributed by atoms with Gasteiger partial charge in [0.25, 0.3) is 0 Å². The van der Waals surface area contributed by atoms with Crippen molar-refractivity contribution in [3.05, 3.63) is 4.88 Å². The minimum atomic E-state index is -3.46. The standard InChI is InChI=1S/C14H23N3O2S2/c1-4-6-8-10(7-5-2)17-14-13(21(3,18)19)12(16)11(9-15)20-14/h10,17H,4-8,16H2,1-3H3. The van der Waals surface area contributed by atoms with Crippen LogP contribution in [0.1, 0.15) is 50.8 Å². The summed E-state index contributed by atoms with van der Waals surface area (Å²) < 4.78 is 23.9. The fourth-order valence-electron chi connectivity index (χ4n) is 2.25. The Kier molecular flexibility index (Phi) is 6.49. The zero-order chi connectivity index (χ0) is 16.0. The predicted molar refractivity (Wildman–Crippen MR) is 88.4 cm³/mol. The fourth-order valence-corrected chi connectivity index (χ4v) is 4.68.